The Kier molecular flexibility index (Phi) is 6.04. The maximum atomic E-state index is 5.46. The van der Waals surface area contributed by atoms with E-state index in [1.54, 1.807) is 14.2 Å². The van der Waals surface area contributed by atoms with Crippen LogP contribution in [0, 0.1) is 13.8 Å². The summed E-state index contributed by atoms with van der Waals surface area (Å²) >= 11 is 5.46. The highest BCUT2D eigenvalue weighted by molar-refractivity contribution is 7.80. The molecule has 0 spiro atoms. The van der Waals surface area contributed by atoms with Crippen molar-refractivity contribution in [2.24, 2.45) is 0 Å². The molecule has 24 heavy (non-hydrogen) atoms. The van der Waals surface area contributed by atoms with Crippen molar-refractivity contribution in [1.29, 1.82) is 0 Å². The molecule has 0 aromatic heterocycles. The molecule has 1 atom stereocenters. The molecule has 128 valence electrons. The van der Waals surface area contributed by atoms with Gasteiger partial charge >= 0.3 is 0 Å². The molecule has 2 aromatic carbocycles. The Morgan fingerprint density at radius 2 is 1.83 bits per heavy atom. The van der Waals surface area contributed by atoms with E-state index in [0.717, 1.165) is 22.7 Å². The fraction of sp³-hybridized carbons (Fsp3) is 0.316. The van der Waals surface area contributed by atoms with Crippen LogP contribution in [0.25, 0.3) is 0 Å². The Morgan fingerprint density at radius 1 is 1.08 bits per heavy atom. The van der Waals surface area contributed by atoms with Crippen LogP contribution in [0.5, 0.6) is 11.5 Å². The zero-order chi connectivity index (χ0) is 17.7. The quantitative estimate of drug-likeness (QED) is 0.789. The molecule has 0 aliphatic rings. The molecule has 0 amide bonds. The normalized spacial score (nSPS) is 11.5. The van der Waals surface area contributed by atoms with Gasteiger partial charge in [-0.05, 0) is 68.4 Å². The van der Waals surface area contributed by atoms with Crippen LogP contribution >= 0.6 is 12.2 Å². The first-order chi connectivity index (χ1) is 11.5. The molecule has 1 unspecified atom stereocenters. The molecule has 0 bridgehead atoms. The third-order valence-corrected chi connectivity index (χ3v) is 4.32. The van der Waals surface area contributed by atoms with Gasteiger partial charge in [-0.25, -0.2) is 0 Å². The topological polar surface area (TPSA) is 42.5 Å². The molecule has 0 fully saturated rings. The van der Waals surface area contributed by atoms with Gasteiger partial charge in [0.25, 0.3) is 0 Å². The van der Waals surface area contributed by atoms with Crippen molar-refractivity contribution < 1.29 is 9.47 Å². The predicted molar refractivity (Wildman–Crippen MR) is 103 cm³/mol. The van der Waals surface area contributed by atoms with Gasteiger partial charge in [0.2, 0.25) is 0 Å². The van der Waals surface area contributed by atoms with Crippen LogP contribution in [0.2, 0.25) is 0 Å². The molecule has 2 N–H and O–H groups in total. The second kappa shape index (κ2) is 8.02. The maximum Gasteiger partial charge on any atom is 0.171 e. The maximum absolute atomic E-state index is 5.46. The van der Waals surface area contributed by atoms with Crippen molar-refractivity contribution in [3.8, 4) is 11.5 Å². The number of benzene rings is 2. The number of methoxy groups -OCH3 is 2. The van der Waals surface area contributed by atoms with Gasteiger partial charge < -0.3 is 20.1 Å². The van der Waals surface area contributed by atoms with Crippen LogP contribution in [-0.4, -0.2) is 19.3 Å². The summed E-state index contributed by atoms with van der Waals surface area (Å²) in [6.45, 7) is 6.20. The minimum atomic E-state index is -0.0276. The van der Waals surface area contributed by atoms with E-state index in [9.17, 15) is 0 Å². The van der Waals surface area contributed by atoms with Gasteiger partial charge in [-0.2, -0.15) is 0 Å². The lowest BCUT2D eigenvalue weighted by Gasteiger charge is -2.21. The number of nitrogens with one attached hydrogen (secondary N) is 2. The fourth-order valence-corrected chi connectivity index (χ4v) is 2.78. The molecule has 4 nitrogen and oxygen atoms in total. The third-order valence-electron chi connectivity index (χ3n) is 4.10. The summed E-state index contributed by atoms with van der Waals surface area (Å²) in [6, 6.07) is 11.8. The lowest BCUT2D eigenvalue weighted by Crippen LogP contribution is -2.31. The van der Waals surface area contributed by atoms with Crippen LogP contribution in [0.4, 0.5) is 5.69 Å². The van der Waals surface area contributed by atoms with Crippen LogP contribution < -0.4 is 20.1 Å². The van der Waals surface area contributed by atoms with E-state index in [2.05, 4.69) is 30.5 Å². The van der Waals surface area contributed by atoms with E-state index < -0.39 is 0 Å². The van der Waals surface area contributed by atoms with Crippen molar-refractivity contribution in [2.45, 2.75) is 26.8 Å². The van der Waals surface area contributed by atoms with E-state index >= 15 is 0 Å². The van der Waals surface area contributed by atoms with Crippen molar-refractivity contribution in [2.75, 3.05) is 19.5 Å². The molecule has 0 heterocycles. The molecular formula is C19H24N2O2S. The van der Waals surface area contributed by atoms with Crippen molar-refractivity contribution in [3.63, 3.8) is 0 Å². The van der Waals surface area contributed by atoms with Crippen molar-refractivity contribution >= 4 is 23.0 Å². The van der Waals surface area contributed by atoms with E-state index in [1.165, 1.54) is 11.1 Å². The standard InChI is InChI=1S/C19H24N2O2S/c1-12-7-6-8-17(13(12)2)21-19(24)20-14(3)16-11-15(22-4)9-10-18(16)23-5/h6-11,14H,1-5H3,(H2,20,21,24). The molecule has 0 aliphatic carbocycles. The van der Waals surface area contributed by atoms with E-state index in [0.29, 0.717) is 5.11 Å². The van der Waals surface area contributed by atoms with Gasteiger partial charge in [0, 0.05) is 11.3 Å². The highest BCUT2D eigenvalue weighted by Gasteiger charge is 2.14. The Morgan fingerprint density at radius 3 is 2.50 bits per heavy atom. The summed E-state index contributed by atoms with van der Waals surface area (Å²) in [5.74, 6) is 1.58. The highest BCUT2D eigenvalue weighted by atomic mass is 32.1. The summed E-state index contributed by atoms with van der Waals surface area (Å²) in [4.78, 5) is 0. The van der Waals surface area contributed by atoms with Gasteiger partial charge in [0.1, 0.15) is 11.5 Å². The van der Waals surface area contributed by atoms with E-state index in [-0.39, 0.29) is 6.04 Å². The second-order valence-corrected chi connectivity index (χ2v) is 6.08. The Labute approximate surface area is 149 Å². The minimum Gasteiger partial charge on any atom is -0.497 e. The molecule has 0 aliphatic heterocycles. The van der Waals surface area contributed by atoms with Gasteiger partial charge in [-0.15, -0.1) is 0 Å². The number of hydrogen-bond acceptors (Lipinski definition) is 3. The number of hydrogen-bond donors (Lipinski definition) is 2. The zero-order valence-corrected chi connectivity index (χ0v) is 15.6. The first-order valence-electron chi connectivity index (χ1n) is 7.82. The van der Waals surface area contributed by atoms with Gasteiger partial charge in [0.05, 0.1) is 20.3 Å². The SMILES string of the molecule is COc1ccc(OC)c(C(C)NC(=S)Nc2cccc(C)c2C)c1. The number of anilines is 1. The lowest BCUT2D eigenvalue weighted by atomic mass is 10.1. The monoisotopic (exact) mass is 344 g/mol. The number of aryl methyl sites for hydroxylation is 1. The minimum absolute atomic E-state index is 0.0276. The average Bonchev–Trinajstić information content (AvgIpc) is 2.58. The number of ether oxygens (including phenoxy) is 2. The molecular weight excluding hydrogens is 320 g/mol. The van der Waals surface area contributed by atoms with Crippen LogP contribution in [0.15, 0.2) is 36.4 Å². The summed E-state index contributed by atoms with van der Waals surface area (Å²) < 4.78 is 10.7. The summed E-state index contributed by atoms with van der Waals surface area (Å²) in [5.41, 5.74) is 4.41. The summed E-state index contributed by atoms with van der Waals surface area (Å²) in [6.07, 6.45) is 0. The lowest BCUT2D eigenvalue weighted by molar-refractivity contribution is 0.395. The largest absolute Gasteiger partial charge is 0.497 e. The van der Waals surface area contributed by atoms with Crippen molar-refractivity contribution in [3.05, 3.63) is 53.1 Å². The summed E-state index contributed by atoms with van der Waals surface area (Å²) in [7, 11) is 3.31. The molecule has 0 radical (unpaired) electrons. The smallest absolute Gasteiger partial charge is 0.171 e. The third kappa shape index (κ3) is 4.17. The Bertz CT molecular complexity index is 731. The highest BCUT2D eigenvalue weighted by Crippen LogP contribution is 2.29. The van der Waals surface area contributed by atoms with Crippen molar-refractivity contribution in [1.82, 2.24) is 5.32 Å². The molecule has 0 saturated heterocycles. The predicted octanol–water partition coefficient (Wildman–Crippen LogP) is 4.37. The molecule has 2 aromatic rings. The Hall–Kier alpha value is -2.27. The molecule has 5 heteroatoms. The first kappa shape index (κ1) is 18.1. The van der Waals surface area contributed by atoms with Crippen LogP contribution in [0.3, 0.4) is 0 Å². The van der Waals surface area contributed by atoms with E-state index in [4.69, 9.17) is 21.7 Å². The van der Waals surface area contributed by atoms with Crippen LogP contribution in [0.1, 0.15) is 29.7 Å². The number of rotatable bonds is 5. The van der Waals surface area contributed by atoms with Crippen LogP contribution in [-0.2, 0) is 0 Å². The fourth-order valence-electron chi connectivity index (χ4n) is 2.50. The first-order valence-corrected chi connectivity index (χ1v) is 8.22. The van der Waals surface area contributed by atoms with Gasteiger partial charge in [0.15, 0.2) is 5.11 Å². The zero-order valence-electron chi connectivity index (χ0n) is 14.8. The molecule has 2 rings (SSSR count). The average molecular weight is 344 g/mol. The Balaban J connectivity index is 2.13. The molecule has 0 saturated carbocycles. The summed E-state index contributed by atoms with van der Waals surface area (Å²) in [5, 5.41) is 7.14. The number of thiocarbonyl (C=S) groups is 1. The van der Waals surface area contributed by atoms with Gasteiger partial charge in [-0.1, -0.05) is 12.1 Å². The second-order valence-electron chi connectivity index (χ2n) is 5.68. The van der Waals surface area contributed by atoms with Gasteiger partial charge in [-0.3, -0.25) is 0 Å². The van der Waals surface area contributed by atoms with E-state index in [1.807, 2.05) is 37.3 Å².